The predicted molar refractivity (Wildman–Crippen MR) is 68.5 cm³/mol. The lowest BCUT2D eigenvalue weighted by molar-refractivity contribution is -0.137. The maximum Gasteiger partial charge on any atom is 0.303 e. The summed E-state index contributed by atoms with van der Waals surface area (Å²) in [5, 5.41) is 13.6. The molecule has 3 N–H and O–H groups in total. The van der Waals surface area contributed by atoms with E-state index in [1.54, 1.807) is 0 Å². The molecule has 0 aromatic carbocycles. The van der Waals surface area contributed by atoms with Gasteiger partial charge in [-0.1, -0.05) is 24.6 Å². The first-order chi connectivity index (χ1) is 8.59. The highest BCUT2D eigenvalue weighted by Crippen LogP contribution is 2.12. The first-order valence-corrected chi connectivity index (χ1v) is 7.01. The van der Waals surface area contributed by atoms with Crippen LogP contribution in [0.2, 0.25) is 0 Å². The van der Waals surface area contributed by atoms with E-state index < -0.39 is 12.0 Å². The summed E-state index contributed by atoms with van der Waals surface area (Å²) in [6.45, 7) is 0.572. The summed E-state index contributed by atoms with van der Waals surface area (Å²) in [6.07, 6.45) is 3.48. The maximum absolute atomic E-state index is 11.6. The fraction of sp³-hybridized carbons (Fsp3) is 0.727. The number of carbonyl (C=O) groups excluding carboxylic acids is 2. The standard InChI is InChI=1S/C11H18N2O4S/c14-9(15)5-3-1-2-4-6-12-10(16)8-7-18-11(17)13-8/h8H,1-7H2,(H,12,16)(H,13,17)(H,14,15). The highest BCUT2D eigenvalue weighted by molar-refractivity contribution is 8.14. The van der Waals surface area contributed by atoms with E-state index in [0.29, 0.717) is 18.7 Å². The minimum atomic E-state index is -0.766. The summed E-state index contributed by atoms with van der Waals surface area (Å²) < 4.78 is 0. The van der Waals surface area contributed by atoms with Gasteiger partial charge in [-0.3, -0.25) is 14.4 Å². The highest BCUT2D eigenvalue weighted by atomic mass is 32.2. The predicted octanol–water partition coefficient (Wildman–Crippen LogP) is 0.963. The largest absolute Gasteiger partial charge is 0.481 e. The topological polar surface area (TPSA) is 95.5 Å². The molecule has 18 heavy (non-hydrogen) atoms. The molecule has 0 aliphatic carbocycles. The third-order valence-electron chi connectivity index (χ3n) is 2.61. The van der Waals surface area contributed by atoms with Crippen LogP contribution in [0.5, 0.6) is 0 Å². The summed E-state index contributed by atoms with van der Waals surface area (Å²) >= 11 is 1.12. The summed E-state index contributed by atoms with van der Waals surface area (Å²) in [7, 11) is 0. The first-order valence-electron chi connectivity index (χ1n) is 6.02. The number of aliphatic carboxylic acids is 1. The molecular formula is C11H18N2O4S. The Morgan fingerprint density at radius 1 is 1.33 bits per heavy atom. The van der Waals surface area contributed by atoms with Gasteiger partial charge in [0.1, 0.15) is 6.04 Å². The van der Waals surface area contributed by atoms with Crippen LogP contribution in [0.25, 0.3) is 0 Å². The summed E-state index contributed by atoms with van der Waals surface area (Å²) in [6, 6.07) is -0.408. The number of hydrogen-bond donors (Lipinski definition) is 3. The van der Waals surface area contributed by atoms with Crippen molar-refractivity contribution in [2.45, 2.75) is 38.1 Å². The number of carbonyl (C=O) groups is 3. The maximum atomic E-state index is 11.6. The fourth-order valence-corrected chi connectivity index (χ4v) is 2.39. The summed E-state index contributed by atoms with van der Waals surface area (Å²) in [4.78, 5) is 32.7. The lowest BCUT2D eigenvalue weighted by Gasteiger charge is -2.09. The Balaban J connectivity index is 1.96. The molecular weight excluding hydrogens is 256 g/mol. The van der Waals surface area contributed by atoms with Crippen molar-refractivity contribution in [3.05, 3.63) is 0 Å². The second-order valence-electron chi connectivity index (χ2n) is 4.14. The average molecular weight is 274 g/mol. The molecule has 7 heteroatoms. The molecule has 1 rings (SSSR count). The Morgan fingerprint density at radius 2 is 2.06 bits per heavy atom. The van der Waals surface area contributed by atoms with Crippen molar-refractivity contribution in [1.29, 1.82) is 0 Å². The number of unbranched alkanes of at least 4 members (excludes halogenated alkanes) is 3. The lowest BCUT2D eigenvalue weighted by atomic mass is 10.1. The number of amides is 2. The van der Waals surface area contributed by atoms with Gasteiger partial charge in [0.2, 0.25) is 5.91 Å². The zero-order chi connectivity index (χ0) is 13.4. The molecule has 0 radical (unpaired) electrons. The molecule has 2 amide bonds. The number of carboxylic acids is 1. The molecule has 0 bridgehead atoms. The van der Waals surface area contributed by atoms with Crippen molar-refractivity contribution in [2.75, 3.05) is 12.3 Å². The van der Waals surface area contributed by atoms with Gasteiger partial charge >= 0.3 is 5.97 Å². The van der Waals surface area contributed by atoms with Gasteiger partial charge < -0.3 is 15.7 Å². The van der Waals surface area contributed by atoms with Crippen LogP contribution in [-0.2, 0) is 9.59 Å². The minimum Gasteiger partial charge on any atom is -0.481 e. The number of nitrogens with one attached hydrogen (secondary N) is 2. The van der Waals surface area contributed by atoms with Gasteiger partial charge in [0, 0.05) is 18.7 Å². The van der Waals surface area contributed by atoms with Crippen LogP contribution in [-0.4, -0.2) is 40.6 Å². The van der Waals surface area contributed by atoms with Crippen LogP contribution in [0.1, 0.15) is 32.1 Å². The zero-order valence-corrected chi connectivity index (χ0v) is 10.9. The molecule has 0 aromatic heterocycles. The van der Waals surface area contributed by atoms with Gasteiger partial charge in [-0.25, -0.2) is 0 Å². The Labute approximate surface area is 110 Å². The molecule has 0 spiro atoms. The Kier molecular flexibility index (Phi) is 6.56. The van der Waals surface area contributed by atoms with Crippen LogP contribution in [0, 0.1) is 0 Å². The van der Waals surface area contributed by atoms with E-state index in [0.717, 1.165) is 31.0 Å². The van der Waals surface area contributed by atoms with Gasteiger partial charge in [-0.05, 0) is 12.8 Å². The van der Waals surface area contributed by atoms with Gasteiger partial charge in [0.05, 0.1) is 0 Å². The Hall–Kier alpha value is -1.24. The smallest absolute Gasteiger partial charge is 0.303 e. The SMILES string of the molecule is O=C(O)CCCCCCNC(=O)C1CSC(=O)N1. The Morgan fingerprint density at radius 3 is 2.67 bits per heavy atom. The summed E-state index contributed by atoms with van der Waals surface area (Å²) in [5.41, 5.74) is 0. The molecule has 0 saturated carbocycles. The molecule has 6 nitrogen and oxygen atoms in total. The normalized spacial score (nSPS) is 18.4. The molecule has 1 fully saturated rings. The molecule has 1 saturated heterocycles. The molecule has 1 atom stereocenters. The third-order valence-corrected chi connectivity index (χ3v) is 3.49. The fourth-order valence-electron chi connectivity index (χ4n) is 1.62. The molecule has 1 heterocycles. The molecule has 1 aliphatic rings. The van der Waals surface area contributed by atoms with Crippen LogP contribution >= 0.6 is 11.8 Å². The first kappa shape index (κ1) is 14.8. The quantitative estimate of drug-likeness (QED) is 0.573. The lowest BCUT2D eigenvalue weighted by Crippen LogP contribution is -2.43. The number of rotatable bonds is 8. The van der Waals surface area contributed by atoms with Crippen LogP contribution in [0.4, 0.5) is 4.79 Å². The van der Waals surface area contributed by atoms with E-state index in [-0.39, 0.29) is 17.6 Å². The van der Waals surface area contributed by atoms with E-state index >= 15 is 0 Å². The molecule has 102 valence electrons. The Bertz CT molecular complexity index is 322. The van der Waals surface area contributed by atoms with E-state index in [1.165, 1.54) is 0 Å². The van der Waals surface area contributed by atoms with Crippen molar-refractivity contribution >= 4 is 28.9 Å². The van der Waals surface area contributed by atoms with Gasteiger partial charge in [-0.15, -0.1) is 0 Å². The van der Waals surface area contributed by atoms with E-state index in [4.69, 9.17) is 5.11 Å². The monoisotopic (exact) mass is 274 g/mol. The molecule has 0 aromatic rings. The molecule has 1 aliphatic heterocycles. The number of carboxylic acid groups (broad SMARTS) is 1. The van der Waals surface area contributed by atoms with E-state index in [2.05, 4.69) is 10.6 Å². The van der Waals surface area contributed by atoms with Crippen molar-refractivity contribution in [3.63, 3.8) is 0 Å². The van der Waals surface area contributed by atoms with Gasteiger partial charge in [0.15, 0.2) is 0 Å². The second kappa shape index (κ2) is 7.97. The van der Waals surface area contributed by atoms with Crippen LogP contribution in [0.15, 0.2) is 0 Å². The van der Waals surface area contributed by atoms with E-state index in [9.17, 15) is 14.4 Å². The van der Waals surface area contributed by atoms with Crippen LogP contribution < -0.4 is 10.6 Å². The zero-order valence-electron chi connectivity index (χ0n) is 10.1. The summed E-state index contributed by atoms with van der Waals surface area (Å²) in [5.74, 6) is -0.417. The van der Waals surface area contributed by atoms with Gasteiger partial charge in [0.25, 0.3) is 5.24 Å². The minimum absolute atomic E-state index is 0.140. The van der Waals surface area contributed by atoms with Crippen molar-refractivity contribution in [1.82, 2.24) is 10.6 Å². The second-order valence-corrected chi connectivity index (χ2v) is 5.14. The number of thioether (sulfide) groups is 1. The van der Waals surface area contributed by atoms with Crippen molar-refractivity contribution < 1.29 is 19.5 Å². The van der Waals surface area contributed by atoms with Crippen LogP contribution in [0.3, 0.4) is 0 Å². The van der Waals surface area contributed by atoms with Crippen molar-refractivity contribution in [2.24, 2.45) is 0 Å². The number of hydrogen-bond acceptors (Lipinski definition) is 4. The molecule has 1 unspecified atom stereocenters. The third kappa shape index (κ3) is 5.90. The van der Waals surface area contributed by atoms with Gasteiger partial charge in [-0.2, -0.15) is 0 Å². The van der Waals surface area contributed by atoms with E-state index in [1.807, 2.05) is 0 Å². The average Bonchev–Trinajstić information content (AvgIpc) is 2.74. The highest BCUT2D eigenvalue weighted by Gasteiger charge is 2.27. The van der Waals surface area contributed by atoms with Crippen molar-refractivity contribution in [3.8, 4) is 0 Å².